The number of benzene rings is 2. The van der Waals surface area contributed by atoms with Gasteiger partial charge >= 0.3 is 6.18 Å². The maximum atomic E-state index is 13.9. The third kappa shape index (κ3) is 4.84. The smallest absolute Gasteiger partial charge is 0.453 e. The summed E-state index contributed by atoms with van der Waals surface area (Å²) in [5.74, 6) is -2.52. The molecule has 0 unspecified atom stereocenters. The second-order valence-electron chi connectivity index (χ2n) is 8.47. The number of aryl methyl sites for hydroxylation is 1. The van der Waals surface area contributed by atoms with Gasteiger partial charge in [-0.2, -0.15) is 13.2 Å². The van der Waals surface area contributed by atoms with Gasteiger partial charge in [-0.3, -0.25) is 4.79 Å². The number of piperazine rings is 1. The molecule has 2 aromatic carbocycles. The van der Waals surface area contributed by atoms with E-state index in [1.807, 2.05) is 6.92 Å². The van der Waals surface area contributed by atoms with E-state index in [0.717, 1.165) is 43.2 Å². The minimum absolute atomic E-state index is 0.0601. The summed E-state index contributed by atoms with van der Waals surface area (Å²) in [5, 5.41) is 10.4. The number of hydrogen-bond acceptors (Lipinski definition) is 4. The number of phenolic OH excluding ortho intramolecular Hbond substituents is 1. The lowest BCUT2D eigenvalue weighted by atomic mass is 10.1. The van der Waals surface area contributed by atoms with E-state index in [1.54, 1.807) is 12.1 Å². The number of hydrogen-bond donors (Lipinski definition) is 3. The van der Waals surface area contributed by atoms with Gasteiger partial charge in [-0.1, -0.05) is 17.7 Å². The predicted octanol–water partition coefficient (Wildman–Crippen LogP) is 1.92. The Bertz CT molecular complexity index is 1200. The maximum absolute atomic E-state index is 13.9. The Morgan fingerprint density at radius 1 is 1.03 bits per heavy atom. The van der Waals surface area contributed by atoms with E-state index in [4.69, 9.17) is 9.15 Å². The van der Waals surface area contributed by atoms with E-state index in [2.05, 4.69) is 6.92 Å². The fourth-order valence-electron chi connectivity index (χ4n) is 4.20. The Labute approximate surface area is 188 Å². The number of halogens is 3. The Kier molecular flexibility index (Phi) is 6.36. The summed E-state index contributed by atoms with van der Waals surface area (Å²) in [5.41, 5.74) is -0.0816. The molecule has 3 aromatic rings. The molecule has 1 aromatic heterocycles. The van der Waals surface area contributed by atoms with Gasteiger partial charge in [0.15, 0.2) is 5.58 Å². The van der Waals surface area contributed by atoms with Crippen LogP contribution in [-0.4, -0.2) is 37.8 Å². The van der Waals surface area contributed by atoms with Crippen LogP contribution >= 0.6 is 0 Å². The highest BCUT2D eigenvalue weighted by Gasteiger charge is 2.41. The van der Waals surface area contributed by atoms with Gasteiger partial charge in [0.25, 0.3) is 5.76 Å². The molecule has 1 fully saturated rings. The summed E-state index contributed by atoms with van der Waals surface area (Å²) in [7, 11) is 0. The lowest BCUT2D eigenvalue weighted by Gasteiger charge is -2.29. The molecular formula is C24H27F3N2O4+2. The molecule has 2 heterocycles. The molecule has 0 radical (unpaired) electrons. The van der Waals surface area contributed by atoms with E-state index >= 15 is 0 Å². The van der Waals surface area contributed by atoms with Crippen molar-refractivity contribution in [1.82, 2.24) is 0 Å². The number of quaternary nitrogens is 2. The minimum atomic E-state index is -4.96. The first-order valence-electron chi connectivity index (χ1n) is 11.0. The summed E-state index contributed by atoms with van der Waals surface area (Å²) >= 11 is 0. The lowest BCUT2D eigenvalue weighted by Crippen LogP contribution is -3.27. The molecule has 1 saturated heterocycles. The average Bonchev–Trinajstić information content (AvgIpc) is 2.78. The van der Waals surface area contributed by atoms with Gasteiger partial charge in [-0.25, -0.2) is 0 Å². The van der Waals surface area contributed by atoms with Crippen LogP contribution in [0.4, 0.5) is 13.2 Å². The van der Waals surface area contributed by atoms with Crippen LogP contribution in [0.25, 0.3) is 11.0 Å². The number of nitrogens with one attached hydrogen (secondary N) is 2. The molecule has 0 aliphatic carbocycles. The van der Waals surface area contributed by atoms with Crippen molar-refractivity contribution in [3.63, 3.8) is 0 Å². The Morgan fingerprint density at radius 3 is 2.27 bits per heavy atom. The maximum Gasteiger partial charge on any atom is 0.453 e. The Morgan fingerprint density at radius 2 is 1.67 bits per heavy atom. The van der Waals surface area contributed by atoms with Gasteiger partial charge in [0.2, 0.25) is 11.2 Å². The van der Waals surface area contributed by atoms with Gasteiger partial charge in [0.05, 0.1) is 17.5 Å². The van der Waals surface area contributed by atoms with Crippen LogP contribution in [0.15, 0.2) is 45.6 Å². The number of ether oxygens (including phenoxy) is 1. The van der Waals surface area contributed by atoms with Gasteiger partial charge in [-0.15, -0.1) is 0 Å². The number of phenols is 1. The van der Waals surface area contributed by atoms with Crippen molar-refractivity contribution >= 4 is 11.0 Å². The van der Waals surface area contributed by atoms with Crippen LogP contribution < -0.4 is 20.0 Å². The molecule has 0 saturated carbocycles. The summed E-state index contributed by atoms with van der Waals surface area (Å²) < 4.78 is 52.4. The van der Waals surface area contributed by atoms with Crippen molar-refractivity contribution in [2.75, 3.05) is 32.7 Å². The number of rotatable bonds is 5. The molecule has 0 amide bonds. The minimum Gasteiger partial charge on any atom is -0.507 e. The van der Waals surface area contributed by atoms with Crippen molar-refractivity contribution in [1.29, 1.82) is 0 Å². The molecular weight excluding hydrogens is 437 g/mol. The summed E-state index contributed by atoms with van der Waals surface area (Å²) in [4.78, 5) is 15.7. The van der Waals surface area contributed by atoms with Gasteiger partial charge in [0.1, 0.15) is 44.2 Å². The highest BCUT2D eigenvalue weighted by Crippen LogP contribution is 2.39. The van der Waals surface area contributed by atoms with Crippen LogP contribution in [-0.2, 0) is 12.7 Å². The highest BCUT2D eigenvalue weighted by molar-refractivity contribution is 5.83. The van der Waals surface area contributed by atoms with Crippen LogP contribution in [0, 0.1) is 6.92 Å². The fourth-order valence-corrected chi connectivity index (χ4v) is 4.20. The van der Waals surface area contributed by atoms with Crippen LogP contribution in [0.3, 0.4) is 0 Å². The van der Waals surface area contributed by atoms with E-state index in [1.165, 1.54) is 29.2 Å². The van der Waals surface area contributed by atoms with E-state index in [-0.39, 0.29) is 34.6 Å². The predicted molar refractivity (Wildman–Crippen MR) is 116 cm³/mol. The average molecular weight is 464 g/mol. The van der Waals surface area contributed by atoms with Gasteiger partial charge in [-0.05, 0) is 38.1 Å². The zero-order valence-corrected chi connectivity index (χ0v) is 18.5. The van der Waals surface area contributed by atoms with Gasteiger partial charge < -0.3 is 24.1 Å². The third-order valence-electron chi connectivity index (χ3n) is 6.19. The van der Waals surface area contributed by atoms with Crippen molar-refractivity contribution in [2.45, 2.75) is 26.6 Å². The molecule has 0 atom stereocenters. The monoisotopic (exact) mass is 464 g/mol. The fraction of sp³-hybridized carbons (Fsp3) is 0.375. The number of alkyl halides is 3. The molecule has 0 spiro atoms. The van der Waals surface area contributed by atoms with E-state index in [0.29, 0.717) is 0 Å². The van der Waals surface area contributed by atoms with Crippen LogP contribution in [0.1, 0.15) is 23.8 Å². The van der Waals surface area contributed by atoms with Gasteiger partial charge in [0, 0.05) is 0 Å². The number of likely N-dealkylation sites (N-methyl/N-ethyl adjacent to an activating group) is 1. The largest absolute Gasteiger partial charge is 0.507 e. The summed E-state index contributed by atoms with van der Waals surface area (Å²) in [6, 6.07) is 8.92. The summed E-state index contributed by atoms with van der Waals surface area (Å²) in [6.45, 7) is 8.70. The highest BCUT2D eigenvalue weighted by atomic mass is 19.4. The van der Waals surface area contributed by atoms with E-state index < -0.39 is 23.1 Å². The number of fused-ring (bicyclic) bond motifs is 1. The first kappa shape index (κ1) is 23.1. The molecule has 1 aliphatic rings. The van der Waals surface area contributed by atoms with Crippen molar-refractivity contribution in [3.8, 4) is 17.2 Å². The van der Waals surface area contributed by atoms with Crippen LogP contribution in [0.5, 0.6) is 17.2 Å². The zero-order valence-electron chi connectivity index (χ0n) is 18.5. The first-order valence-corrected chi connectivity index (χ1v) is 11.0. The Hall–Kier alpha value is -3.04. The van der Waals surface area contributed by atoms with E-state index in [9.17, 15) is 23.1 Å². The third-order valence-corrected chi connectivity index (χ3v) is 6.19. The zero-order chi connectivity index (χ0) is 23.8. The molecule has 3 N–H and O–H groups in total. The normalized spacial score (nSPS) is 19.1. The quantitative estimate of drug-likeness (QED) is 0.540. The molecule has 176 valence electrons. The van der Waals surface area contributed by atoms with Crippen molar-refractivity contribution < 1.29 is 37.2 Å². The second kappa shape index (κ2) is 9.07. The number of aromatic hydroxyl groups is 1. The van der Waals surface area contributed by atoms with Crippen molar-refractivity contribution in [3.05, 3.63) is 63.5 Å². The lowest BCUT2D eigenvalue weighted by molar-refractivity contribution is -1.02. The molecule has 4 rings (SSSR count). The SMILES string of the molecule is CC[NH+]1CC[NH+](Cc2c(O)ccc3c(=O)c(Oc4ccc(C)cc4)c(C(F)(F)F)oc23)CC1. The molecule has 0 bridgehead atoms. The first-order chi connectivity index (χ1) is 15.7. The summed E-state index contributed by atoms with van der Waals surface area (Å²) in [6.07, 6.45) is -4.96. The molecule has 1 aliphatic heterocycles. The Balaban J connectivity index is 1.80. The standard InChI is InChI=1S/C24H25F3N2O4/c1-3-28-10-12-29(13-11-28)14-18-19(30)9-8-17-20(31)22(23(24(25,26)27)33-21(17)18)32-16-6-4-15(2)5-7-16/h4-9,30H,3,10-14H2,1-2H3/p+2. The van der Waals surface area contributed by atoms with Crippen LogP contribution in [0.2, 0.25) is 0 Å². The molecule has 6 nitrogen and oxygen atoms in total. The molecule has 33 heavy (non-hydrogen) atoms. The second-order valence-corrected chi connectivity index (χ2v) is 8.47. The topological polar surface area (TPSA) is 68.5 Å². The van der Waals surface area contributed by atoms with Crippen molar-refractivity contribution in [2.24, 2.45) is 0 Å². The molecule has 9 heteroatoms.